The van der Waals surface area contributed by atoms with Gasteiger partial charge in [0.2, 0.25) is 5.91 Å². The molecule has 0 atom stereocenters. The van der Waals surface area contributed by atoms with E-state index in [4.69, 9.17) is 10.5 Å². The Bertz CT molecular complexity index is 507. The van der Waals surface area contributed by atoms with Crippen LogP contribution < -0.4 is 11.1 Å². The van der Waals surface area contributed by atoms with E-state index in [1.807, 2.05) is 36.1 Å². The molecule has 0 saturated carbocycles. The Morgan fingerprint density at radius 2 is 2.00 bits per heavy atom. The molecule has 0 unspecified atom stereocenters. The summed E-state index contributed by atoms with van der Waals surface area (Å²) in [5.41, 5.74) is 7.86. The SMILES string of the molecule is CCCC(=O)Nc1ccc(CN=C(N)N2CCOCC2)cc1. The number of nitrogens with zero attached hydrogens (tertiary/aromatic N) is 2. The van der Waals surface area contributed by atoms with Crippen molar-refractivity contribution in [1.29, 1.82) is 0 Å². The molecule has 0 radical (unpaired) electrons. The Hall–Kier alpha value is -2.08. The number of morpholine rings is 1. The van der Waals surface area contributed by atoms with Crippen LogP contribution in [0.1, 0.15) is 25.3 Å². The lowest BCUT2D eigenvalue weighted by Crippen LogP contribution is -2.44. The lowest BCUT2D eigenvalue weighted by atomic mass is 10.2. The van der Waals surface area contributed by atoms with Crippen LogP contribution in [0, 0.1) is 0 Å². The van der Waals surface area contributed by atoms with Crippen molar-refractivity contribution in [3.8, 4) is 0 Å². The highest BCUT2D eigenvalue weighted by Crippen LogP contribution is 2.11. The van der Waals surface area contributed by atoms with Gasteiger partial charge in [0.15, 0.2) is 5.96 Å². The molecule has 1 aliphatic heterocycles. The zero-order valence-corrected chi connectivity index (χ0v) is 13.0. The number of anilines is 1. The second-order valence-corrected chi connectivity index (χ2v) is 5.27. The number of nitrogens with one attached hydrogen (secondary N) is 1. The van der Waals surface area contributed by atoms with E-state index in [-0.39, 0.29) is 5.91 Å². The Labute approximate surface area is 131 Å². The number of hydrogen-bond donors (Lipinski definition) is 2. The summed E-state index contributed by atoms with van der Waals surface area (Å²) in [6.45, 7) is 5.49. The molecule has 1 heterocycles. The number of carbonyl (C=O) groups excluding carboxylic acids is 1. The molecule has 1 saturated heterocycles. The highest BCUT2D eigenvalue weighted by molar-refractivity contribution is 5.90. The van der Waals surface area contributed by atoms with Crippen molar-refractivity contribution in [3.63, 3.8) is 0 Å². The zero-order chi connectivity index (χ0) is 15.8. The van der Waals surface area contributed by atoms with E-state index in [2.05, 4.69) is 10.3 Å². The molecule has 0 spiro atoms. The van der Waals surface area contributed by atoms with E-state index in [9.17, 15) is 4.79 Å². The Kier molecular flexibility index (Phi) is 6.21. The second-order valence-electron chi connectivity index (χ2n) is 5.27. The molecule has 1 aromatic rings. The summed E-state index contributed by atoms with van der Waals surface area (Å²) in [7, 11) is 0. The van der Waals surface area contributed by atoms with Crippen molar-refractivity contribution in [1.82, 2.24) is 4.90 Å². The van der Waals surface area contributed by atoms with E-state index < -0.39 is 0 Å². The van der Waals surface area contributed by atoms with E-state index in [0.29, 0.717) is 32.1 Å². The molecular formula is C16H24N4O2. The fourth-order valence-corrected chi connectivity index (χ4v) is 2.21. The topological polar surface area (TPSA) is 80.0 Å². The minimum absolute atomic E-state index is 0.0461. The first-order valence-electron chi connectivity index (χ1n) is 7.70. The van der Waals surface area contributed by atoms with Crippen LogP contribution >= 0.6 is 0 Å². The number of rotatable bonds is 5. The van der Waals surface area contributed by atoms with E-state index >= 15 is 0 Å². The summed E-state index contributed by atoms with van der Waals surface area (Å²) in [6.07, 6.45) is 1.39. The molecule has 0 aliphatic carbocycles. The lowest BCUT2D eigenvalue weighted by Gasteiger charge is -2.27. The molecule has 120 valence electrons. The summed E-state index contributed by atoms with van der Waals surface area (Å²) in [5.74, 6) is 0.605. The summed E-state index contributed by atoms with van der Waals surface area (Å²) in [4.78, 5) is 18.0. The van der Waals surface area contributed by atoms with E-state index in [1.165, 1.54) is 0 Å². The number of ether oxygens (including phenoxy) is 1. The van der Waals surface area contributed by atoms with Crippen molar-refractivity contribution in [2.45, 2.75) is 26.3 Å². The Morgan fingerprint density at radius 1 is 1.32 bits per heavy atom. The van der Waals surface area contributed by atoms with Crippen LogP contribution in [0.3, 0.4) is 0 Å². The fraction of sp³-hybridized carbons (Fsp3) is 0.500. The molecule has 6 heteroatoms. The van der Waals surface area contributed by atoms with Crippen molar-refractivity contribution in [2.24, 2.45) is 10.7 Å². The molecule has 1 fully saturated rings. The average Bonchev–Trinajstić information content (AvgIpc) is 2.55. The van der Waals surface area contributed by atoms with Gasteiger partial charge in [-0.3, -0.25) is 4.79 Å². The molecule has 6 nitrogen and oxygen atoms in total. The van der Waals surface area contributed by atoms with Gasteiger partial charge in [0, 0.05) is 25.2 Å². The van der Waals surface area contributed by atoms with E-state index in [0.717, 1.165) is 30.8 Å². The predicted molar refractivity (Wildman–Crippen MR) is 87.7 cm³/mol. The number of benzene rings is 1. The van der Waals surface area contributed by atoms with Crippen molar-refractivity contribution in [3.05, 3.63) is 29.8 Å². The second kappa shape index (κ2) is 8.38. The molecule has 22 heavy (non-hydrogen) atoms. The summed E-state index contributed by atoms with van der Waals surface area (Å²) in [5, 5.41) is 2.87. The van der Waals surface area contributed by atoms with Crippen molar-refractivity contribution in [2.75, 3.05) is 31.6 Å². The van der Waals surface area contributed by atoms with Gasteiger partial charge < -0.3 is 20.7 Å². The van der Waals surface area contributed by atoms with Gasteiger partial charge in [-0.05, 0) is 24.1 Å². The predicted octanol–water partition coefficient (Wildman–Crippen LogP) is 1.57. The fourth-order valence-electron chi connectivity index (χ4n) is 2.21. The number of carbonyl (C=O) groups is 1. The first-order chi connectivity index (χ1) is 10.7. The van der Waals surface area contributed by atoms with Crippen LogP contribution in [0.2, 0.25) is 0 Å². The van der Waals surface area contributed by atoms with Gasteiger partial charge in [-0.2, -0.15) is 0 Å². The normalized spacial score (nSPS) is 15.7. The molecule has 0 bridgehead atoms. The van der Waals surface area contributed by atoms with Crippen LogP contribution in [0.4, 0.5) is 5.69 Å². The Balaban J connectivity index is 1.86. The summed E-state index contributed by atoms with van der Waals surface area (Å²) >= 11 is 0. The van der Waals surface area contributed by atoms with Crippen LogP contribution in [0.5, 0.6) is 0 Å². The molecule has 1 amide bonds. The van der Waals surface area contributed by atoms with Crippen LogP contribution in [-0.2, 0) is 16.1 Å². The standard InChI is InChI=1S/C16H24N4O2/c1-2-3-15(21)19-14-6-4-13(5-7-14)12-18-16(17)20-8-10-22-11-9-20/h4-7H,2-3,8-12H2,1H3,(H2,17,18)(H,19,21). The third-order valence-corrected chi connectivity index (χ3v) is 3.47. The maximum Gasteiger partial charge on any atom is 0.224 e. The maximum atomic E-state index is 11.5. The van der Waals surface area contributed by atoms with Crippen LogP contribution in [-0.4, -0.2) is 43.1 Å². The number of hydrogen-bond acceptors (Lipinski definition) is 3. The first-order valence-corrected chi connectivity index (χ1v) is 7.70. The minimum Gasteiger partial charge on any atom is -0.378 e. The smallest absolute Gasteiger partial charge is 0.224 e. The highest BCUT2D eigenvalue weighted by Gasteiger charge is 2.11. The number of aliphatic imine (C=N–C) groups is 1. The Morgan fingerprint density at radius 3 is 2.64 bits per heavy atom. The van der Waals surface area contributed by atoms with Gasteiger partial charge in [-0.15, -0.1) is 0 Å². The van der Waals surface area contributed by atoms with Gasteiger partial charge in [-0.25, -0.2) is 4.99 Å². The molecular weight excluding hydrogens is 280 g/mol. The van der Waals surface area contributed by atoms with Crippen molar-refractivity contribution < 1.29 is 9.53 Å². The highest BCUT2D eigenvalue weighted by atomic mass is 16.5. The molecule has 2 rings (SSSR count). The van der Waals surface area contributed by atoms with Gasteiger partial charge in [0.1, 0.15) is 0 Å². The number of guanidine groups is 1. The molecule has 1 aliphatic rings. The first kappa shape index (κ1) is 16.3. The average molecular weight is 304 g/mol. The molecule has 1 aromatic carbocycles. The van der Waals surface area contributed by atoms with Crippen LogP contribution in [0.25, 0.3) is 0 Å². The quantitative estimate of drug-likeness (QED) is 0.639. The largest absolute Gasteiger partial charge is 0.378 e. The number of nitrogens with two attached hydrogens (primary N) is 1. The molecule has 3 N–H and O–H groups in total. The third kappa shape index (κ3) is 5.04. The van der Waals surface area contributed by atoms with Crippen LogP contribution in [0.15, 0.2) is 29.3 Å². The van der Waals surface area contributed by atoms with Gasteiger partial charge in [0.05, 0.1) is 19.8 Å². The van der Waals surface area contributed by atoms with Gasteiger partial charge in [-0.1, -0.05) is 19.1 Å². The minimum atomic E-state index is 0.0461. The van der Waals surface area contributed by atoms with Gasteiger partial charge >= 0.3 is 0 Å². The third-order valence-electron chi connectivity index (χ3n) is 3.47. The maximum absolute atomic E-state index is 11.5. The summed E-state index contributed by atoms with van der Waals surface area (Å²) < 4.78 is 5.29. The lowest BCUT2D eigenvalue weighted by molar-refractivity contribution is -0.116. The van der Waals surface area contributed by atoms with E-state index in [1.54, 1.807) is 0 Å². The van der Waals surface area contributed by atoms with Crippen molar-refractivity contribution >= 4 is 17.6 Å². The molecule has 0 aromatic heterocycles. The number of amides is 1. The van der Waals surface area contributed by atoms with Gasteiger partial charge in [0.25, 0.3) is 0 Å². The summed E-state index contributed by atoms with van der Waals surface area (Å²) in [6, 6.07) is 7.70. The zero-order valence-electron chi connectivity index (χ0n) is 13.0. The monoisotopic (exact) mass is 304 g/mol.